The Morgan fingerprint density at radius 3 is 2.16 bits per heavy atom. The molecule has 0 aliphatic carbocycles. The fraction of sp³-hybridized carbons (Fsp3) is 0.316. The minimum atomic E-state index is -0.0898. The third-order valence-corrected chi connectivity index (χ3v) is 3.86. The molecule has 6 heteroatoms. The van der Waals surface area contributed by atoms with Crippen LogP contribution in [0, 0.1) is 0 Å². The van der Waals surface area contributed by atoms with E-state index in [0.29, 0.717) is 13.1 Å². The van der Waals surface area contributed by atoms with Gasteiger partial charge in [0.25, 0.3) is 0 Å². The molecule has 0 bridgehead atoms. The van der Waals surface area contributed by atoms with E-state index in [1.165, 1.54) is 6.92 Å². The summed E-state index contributed by atoms with van der Waals surface area (Å²) in [5, 5.41) is 2.86. The number of benzene rings is 1. The van der Waals surface area contributed by atoms with E-state index in [1.54, 1.807) is 17.3 Å². The lowest BCUT2D eigenvalue weighted by atomic mass is 10.2. The first-order chi connectivity index (χ1) is 12.0. The molecular weight excluding hydrogens is 316 g/mol. The number of hydrogen-bond acceptors (Lipinski definition) is 4. The molecular formula is C19H24N4O2. The lowest BCUT2D eigenvalue weighted by Gasteiger charge is -2.22. The van der Waals surface area contributed by atoms with Crippen molar-refractivity contribution in [2.75, 3.05) is 30.4 Å². The molecule has 1 aromatic carbocycles. The van der Waals surface area contributed by atoms with Crippen molar-refractivity contribution in [3.8, 4) is 0 Å². The molecule has 0 spiro atoms. The molecule has 132 valence electrons. The summed E-state index contributed by atoms with van der Waals surface area (Å²) in [5.74, 6) is -0.174. The van der Waals surface area contributed by atoms with Gasteiger partial charge >= 0.3 is 0 Å². The third-order valence-electron chi connectivity index (χ3n) is 3.86. The zero-order valence-corrected chi connectivity index (χ0v) is 14.9. The molecule has 1 heterocycles. The van der Waals surface area contributed by atoms with E-state index >= 15 is 0 Å². The van der Waals surface area contributed by atoms with Gasteiger partial charge in [0.05, 0.1) is 0 Å². The average molecular weight is 340 g/mol. The van der Waals surface area contributed by atoms with Crippen molar-refractivity contribution in [1.29, 1.82) is 0 Å². The van der Waals surface area contributed by atoms with Crippen LogP contribution in [0.15, 0.2) is 48.8 Å². The molecule has 0 unspecified atom stereocenters. The van der Waals surface area contributed by atoms with Crippen LogP contribution in [0.5, 0.6) is 0 Å². The fourth-order valence-corrected chi connectivity index (χ4v) is 2.40. The highest BCUT2D eigenvalue weighted by Gasteiger charge is 2.13. The first-order valence-electron chi connectivity index (χ1n) is 8.18. The maximum atomic E-state index is 12.0. The first kappa shape index (κ1) is 18.4. The Labute approximate surface area is 148 Å². The number of pyridine rings is 1. The molecule has 0 aliphatic heterocycles. The minimum absolute atomic E-state index is 0.0838. The number of aromatic nitrogens is 1. The number of amides is 2. The molecule has 0 atom stereocenters. The SMILES string of the molecule is CC(=O)N(CCC(=O)NCc1ccncc1)c1ccc(N(C)C)cc1. The summed E-state index contributed by atoms with van der Waals surface area (Å²) < 4.78 is 0. The summed E-state index contributed by atoms with van der Waals surface area (Å²) >= 11 is 0. The Morgan fingerprint density at radius 2 is 1.60 bits per heavy atom. The van der Waals surface area contributed by atoms with Gasteiger partial charge in [-0.2, -0.15) is 0 Å². The standard InChI is InChI=1S/C19H24N4O2/c1-15(24)23(18-6-4-17(5-7-18)22(2)3)13-10-19(25)21-14-16-8-11-20-12-9-16/h4-9,11-12H,10,13-14H2,1-3H3,(H,21,25). The molecule has 0 radical (unpaired) electrons. The molecule has 6 nitrogen and oxygen atoms in total. The summed E-state index contributed by atoms with van der Waals surface area (Å²) in [6.07, 6.45) is 3.63. The van der Waals surface area contributed by atoms with Gasteiger partial charge < -0.3 is 15.1 Å². The summed E-state index contributed by atoms with van der Waals surface area (Å²) in [4.78, 5) is 31.5. The van der Waals surface area contributed by atoms with Crippen LogP contribution in [0.3, 0.4) is 0 Å². The predicted molar refractivity (Wildman–Crippen MR) is 99.5 cm³/mol. The number of anilines is 2. The highest BCUT2D eigenvalue weighted by Crippen LogP contribution is 2.20. The molecule has 0 saturated carbocycles. The molecule has 1 N–H and O–H groups in total. The van der Waals surface area contributed by atoms with Crippen molar-refractivity contribution in [2.45, 2.75) is 19.9 Å². The van der Waals surface area contributed by atoms with E-state index in [9.17, 15) is 9.59 Å². The summed E-state index contributed by atoms with van der Waals surface area (Å²) in [5.41, 5.74) is 2.84. The van der Waals surface area contributed by atoms with E-state index in [2.05, 4.69) is 10.3 Å². The lowest BCUT2D eigenvalue weighted by Crippen LogP contribution is -2.33. The summed E-state index contributed by atoms with van der Waals surface area (Å²) in [7, 11) is 3.93. The van der Waals surface area contributed by atoms with E-state index in [0.717, 1.165) is 16.9 Å². The predicted octanol–water partition coefficient (Wildman–Crippen LogP) is 2.21. The van der Waals surface area contributed by atoms with Crippen molar-refractivity contribution in [2.24, 2.45) is 0 Å². The normalized spacial score (nSPS) is 10.2. The fourth-order valence-electron chi connectivity index (χ4n) is 2.40. The number of nitrogens with zero attached hydrogens (tertiary/aromatic N) is 3. The Kier molecular flexibility index (Phi) is 6.51. The highest BCUT2D eigenvalue weighted by atomic mass is 16.2. The van der Waals surface area contributed by atoms with Gasteiger partial charge in [0.15, 0.2) is 0 Å². The topological polar surface area (TPSA) is 65.5 Å². The van der Waals surface area contributed by atoms with Crippen LogP contribution in [0.1, 0.15) is 18.9 Å². The summed E-state index contributed by atoms with van der Waals surface area (Å²) in [6.45, 7) is 2.31. The lowest BCUT2D eigenvalue weighted by molar-refractivity contribution is -0.121. The van der Waals surface area contributed by atoms with E-state index in [-0.39, 0.29) is 18.2 Å². The first-order valence-corrected chi connectivity index (χ1v) is 8.18. The van der Waals surface area contributed by atoms with Crippen molar-refractivity contribution < 1.29 is 9.59 Å². The van der Waals surface area contributed by atoms with Crippen molar-refractivity contribution in [3.05, 3.63) is 54.4 Å². The molecule has 0 fully saturated rings. The highest BCUT2D eigenvalue weighted by molar-refractivity contribution is 5.92. The van der Waals surface area contributed by atoms with Gasteiger partial charge in [-0.05, 0) is 42.0 Å². The van der Waals surface area contributed by atoms with Gasteiger partial charge in [0.2, 0.25) is 11.8 Å². The van der Waals surface area contributed by atoms with Crippen LogP contribution < -0.4 is 15.1 Å². The molecule has 2 amide bonds. The van der Waals surface area contributed by atoms with Gasteiger partial charge in [-0.3, -0.25) is 14.6 Å². The monoisotopic (exact) mass is 340 g/mol. The largest absolute Gasteiger partial charge is 0.378 e. The van der Waals surface area contributed by atoms with Crippen LogP contribution in [0.25, 0.3) is 0 Å². The van der Waals surface area contributed by atoms with Crippen molar-refractivity contribution in [1.82, 2.24) is 10.3 Å². The second-order valence-electron chi connectivity index (χ2n) is 5.96. The molecule has 2 rings (SSSR count). The van der Waals surface area contributed by atoms with Crippen LogP contribution in [0.2, 0.25) is 0 Å². The van der Waals surface area contributed by atoms with Gasteiger partial charge in [0.1, 0.15) is 0 Å². The van der Waals surface area contributed by atoms with Gasteiger partial charge in [-0.1, -0.05) is 0 Å². The van der Waals surface area contributed by atoms with Crippen molar-refractivity contribution >= 4 is 23.2 Å². The van der Waals surface area contributed by atoms with Crippen molar-refractivity contribution in [3.63, 3.8) is 0 Å². The minimum Gasteiger partial charge on any atom is -0.378 e. The maximum Gasteiger partial charge on any atom is 0.223 e. The van der Waals surface area contributed by atoms with Gasteiger partial charge in [-0.15, -0.1) is 0 Å². The second-order valence-corrected chi connectivity index (χ2v) is 5.96. The molecule has 0 aliphatic rings. The van der Waals surface area contributed by atoms with Crippen LogP contribution >= 0.6 is 0 Å². The van der Waals surface area contributed by atoms with E-state index in [4.69, 9.17) is 0 Å². The number of nitrogens with one attached hydrogen (secondary N) is 1. The zero-order chi connectivity index (χ0) is 18.2. The Balaban J connectivity index is 1.90. The number of hydrogen-bond donors (Lipinski definition) is 1. The van der Waals surface area contributed by atoms with Crippen LogP contribution in [-0.2, 0) is 16.1 Å². The van der Waals surface area contributed by atoms with Gasteiger partial charge in [0, 0.05) is 64.3 Å². The Hall–Kier alpha value is -2.89. The third kappa shape index (κ3) is 5.60. The van der Waals surface area contributed by atoms with E-state index < -0.39 is 0 Å². The zero-order valence-electron chi connectivity index (χ0n) is 14.9. The summed E-state index contributed by atoms with van der Waals surface area (Å²) in [6, 6.07) is 11.4. The Morgan fingerprint density at radius 1 is 1.00 bits per heavy atom. The second kappa shape index (κ2) is 8.82. The van der Waals surface area contributed by atoms with Crippen LogP contribution in [0.4, 0.5) is 11.4 Å². The average Bonchev–Trinajstić information content (AvgIpc) is 2.61. The molecule has 25 heavy (non-hydrogen) atoms. The Bertz CT molecular complexity index is 699. The number of rotatable bonds is 7. The smallest absolute Gasteiger partial charge is 0.223 e. The molecule has 0 saturated heterocycles. The van der Waals surface area contributed by atoms with Gasteiger partial charge in [-0.25, -0.2) is 0 Å². The molecule has 1 aromatic heterocycles. The van der Waals surface area contributed by atoms with Crippen LogP contribution in [-0.4, -0.2) is 37.4 Å². The van der Waals surface area contributed by atoms with E-state index in [1.807, 2.05) is 55.4 Å². The molecule has 2 aromatic rings. The number of carbonyl (C=O) groups excluding carboxylic acids is 2. The quantitative estimate of drug-likeness (QED) is 0.839. The maximum absolute atomic E-state index is 12.0. The number of carbonyl (C=O) groups is 2.